The van der Waals surface area contributed by atoms with Crippen molar-refractivity contribution >= 4 is 21.7 Å². The standard InChI is InChI=1S/C15H12O5/c1-18-9-3-4-10-11(7-9)15(17)20-13-6-8(16)5-12(19-2)14(10)13/h3-7,16H,1-2H3. The van der Waals surface area contributed by atoms with Gasteiger partial charge in [0.1, 0.15) is 22.8 Å². The molecule has 0 radical (unpaired) electrons. The summed E-state index contributed by atoms with van der Waals surface area (Å²) in [5.41, 5.74) is -0.205. The molecule has 3 rings (SSSR count). The van der Waals surface area contributed by atoms with E-state index >= 15 is 0 Å². The van der Waals surface area contributed by atoms with Crippen LogP contribution in [-0.4, -0.2) is 19.3 Å². The van der Waals surface area contributed by atoms with E-state index in [1.807, 2.05) is 0 Å². The van der Waals surface area contributed by atoms with Crippen LogP contribution < -0.4 is 15.1 Å². The van der Waals surface area contributed by atoms with E-state index in [1.54, 1.807) is 18.2 Å². The molecule has 1 N–H and O–H groups in total. The van der Waals surface area contributed by atoms with Crippen molar-refractivity contribution in [3.8, 4) is 17.2 Å². The normalized spacial score (nSPS) is 10.9. The first-order valence-electron chi connectivity index (χ1n) is 5.95. The molecular formula is C15H12O5. The lowest BCUT2D eigenvalue weighted by molar-refractivity contribution is 0.411. The van der Waals surface area contributed by atoms with Crippen molar-refractivity contribution in [1.82, 2.24) is 0 Å². The molecule has 5 heteroatoms. The van der Waals surface area contributed by atoms with Crippen molar-refractivity contribution in [2.24, 2.45) is 0 Å². The number of phenols is 1. The van der Waals surface area contributed by atoms with Gasteiger partial charge in [0.2, 0.25) is 0 Å². The summed E-state index contributed by atoms with van der Waals surface area (Å²) in [4.78, 5) is 12.0. The average molecular weight is 272 g/mol. The van der Waals surface area contributed by atoms with Gasteiger partial charge in [0.15, 0.2) is 0 Å². The van der Waals surface area contributed by atoms with Crippen LogP contribution in [0.25, 0.3) is 21.7 Å². The number of methoxy groups -OCH3 is 2. The summed E-state index contributed by atoms with van der Waals surface area (Å²) >= 11 is 0. The minimum Gasteiger partial charge on any atom is -0.508 e. The number of ether oxygens (including phenoxy) is 2. The van der Waals surface area contributed by atoms with Crippen LogP contribution in [0.15, 0.2) is 39.5 Å². The topological polar surface area (TPSA) is 68.9 Å². The molecule has 0 amide bonds. The first-order chi connectivity index (χ1) is 9.63. The van der Waals surface area contributed by atoms with E-state index in [9.17, 15) is 9.90 Å². The van der Waals surface area contributed by atoms with Crippen LogP contribution in [0.5, 0.6) is 17.2 Å². The zero-order valence-electron chi connectivity index (χ0n) is 11.0. The van der Waals surface area contributed by atoms with Gasteiger partial charge in [-0.15, -0.1) is 0 Å². The molecule has 2 aromatic carbocycles. The Labute approximate surface area is 114 Å². The Hall–Kier alpha value is -2.69. The third kappa shape index (κ3) is 1.75. The van der Waals surface area contributed by atoms with E-state index in [0.29, 0.717) is 27.7 Å². The highest BCUT2D eigenvalue weighted by molar-refractivity contribution is 6.08. The number of fused-ring (bicyclic) bond motifs is 3. The van der Waals surface area contributed by atoms with Crippen molar-refractivity contribution in [3.63, 3.8) is 0 Å². The number of phenolic OH excluding ortho intramolecular Hbond substituents is 1. The van der Waals surface area contributed by atoms with Crippen LogP contribution in [0.1, 0.15) is 0 Å². The van der Waals surface area contributed by atoms with Gasteiger partial charge < -0.3 is 19.0 Å². The van der Waals surface area contributed by atoms with Gasteiger partial charge >= 0.3 is 5.63 Å². The average Bonchev–Trinajstić information content (AvgIpc) is 2.45. The van der Waals surface area contributed by atoms with E-state index in [4.69, 9.17) is 13.9 Å². The Kier molecular flexibility index (Phi) is 2.75. The molecule has 1 aromatic heterocycles. The third-order valence-corrected chi connectivity index (χ3v) is 3.19. The quantitative estimate of drug-likeness (QED) is 0.573. The Balaban J connectivity index is 2.54. The molecule has 0 aliphatic heterocycles. The maximum atomic E-state index is 12.0. The lowest BCUT2D eigenvalue weighted by atomic mass is 10.1. The fourth-order valence-electron chi connectivity index (χ4n) is 2.28. The second kappa shape index (κ2) is 4.45. The molecule has 0 unspecified atom stereocenters. The summed E-state index contributed by atoms with van der Waals surface area (Å²) in [6, 6.07) is 8.02. The summed E-state index contributed by atoms with van der Waals surface area (Å²) < 4.78 is 15.6. The summed E-state index contributed by atoms with van der Waals surface area (Å²) in [7, 11) is 3.02. The van der Waals surface area contributed by atoms with Gasteiger partial charge in [0.05, 0.1) is 25.0 Å². The minimum absolute atomic E-state index is 0.0228. The van der Waals surface area contributed by atoms with Crippen molar-refractivity contribution in [2.45, 2.75) is 0 Å². The smallest absolute Gasteiger partial charge is 0.344 e. The third-order valence-electron chi connectivity index (χ3n) is 3.19. The summed E-state index contributed by atoms with van der Waals surface area (Å²) in [6.07, 6.45) is 0. The maximum absolute atomic E-state index is 12.0. The van der Waals surface area contributed by atoms with Gasteiger partial charge in [-0.05, 0) is 18.2 Å². The number of hydrogen-bond donors (Lipinski definition) is 1. The van der Waals surface area contributed by atoms with Gasteiger partial charge in [0, 0.05) is 17.5 Å². The SMILES string of the molecule is COc1ccc2c(c1)c(=O)oc1cc(O)cc(OC)c12. The Morgan fingerprint density at radius 3 is 2.55 bits per heavy atom. The fraction of sp³-hybridized carbons (Fsp3) is 0.133. The van der Waals surface area contributed by atoms with E-state index in [0.717, 1.165) is 0 Å². The molecular weight excluding hydrogens is 260 g/mol. The summed E-state index contributed by atoms with van der Waals surface area (Å²) in [5.74, 6) is 0.992. The van der Waals surface area contributed by atoms with Crippen molar-refractivity contribution in [2.75, 3.05) is 14.2 Å². The van der Waals surface area contributed by atoms with E-state index in [1.165, 1.54) is 26.4 Å². The zero-order valence-corrected chi connectivity index (χ0v) is 11.0. The molecule has 102 valence electrons. The fourth-order valence-corrected chi connectivity index (χ4v) is 2.28. The largest absolute Gasteiger partial charge is 0.508 e. The van der Waals surface area contributed by atoms with Gasteiger partial charge in [-0.3, -0.25) is 0 Å². The molecule has 0 saturated heterocycles. The first kappa shape index (κ1) is 12.3. The van der Waals surface area contributed by atoms with E-state index in [-0.39, 0.29) is 11.3 Å². The lowest BCUT2D eigenvalue weighted by Crippen LogP contribution is -2.01. The van der Waals surface area contributed by atoms with Gasteiger partial charge in [0.25, 0.3) is 0 Å². The molecule has 0 aliphatic rings. The van der Waals surface area contributed by atoms with Crippen LogP contribution in [0, 0.1) is 0 Å². The molecule has 0 bridgehead atoms. The van der Waals surface area contributed by atoms with Crippen LogP contribution >= 0.6 is 0 Å². The van der Waals surface area contributed by atoms with Crippen molar-refractivity contribution < 1.29 is 19.0 Å². The summed E-state index contributed by atoms with van der Waals surface area (Å²) in [6.45, 7) is 0. The molecule has 0 fully saturated rings. The predicted octanol–water partition coefficient (Wildman–Crippen LogP) is 2.67. The molecule has 0 aliphatic carbocycles. The van der Waals surface area contributed by atoms with Crippen molar-refractivity contribution in [1.29, 1.82) is 0 Å². The van der Waals surface area contributed by atoms with Crippen LogP contribution in [0.2, 0.25) is 0 Å². The highest BCUT2D eigenvalue weighted by Gasteiger charge is 2.14. The van der Waals surface area contributed by atoms with E-state index in [2.05, 4.69) is 0 Å². The monoisotopic (exact) mass is 272 g/mol. The molecule has 3 aromatic rings. The van der Waals surface area contributed by atoms with Crippen molar-refractivity contribution in [3.05, 3.63) is 40.8 Å². The van der Waals surface area contributed by atoms with Gasteiger partial charge in [-0.2, -0.15) is 0 Å². The number of rotatable bonds is 2. The number of benzene rings is 2. The van der Waals surface area contributed by atoms with Crippen LogP contribution in [-0.2, 0) is 0 Å². The van der Waals surface area contributed by atoms with Crippen LogP contribution in [0.3, 0.4) is 0 Å². The zero-order chi connectivity index (χ0) is 14.3. The number of aromatic hydroxyl groups is 1. The Bertz CT molecular complexity index is 863. The molecule has 5 nitrogen and oxygen atoms in total. The second-order valence-corrected chi connectivity index (χ2v) is 4.32. The highest BCUT2D eigenvalue weighted by atomic mass is 16.5. The summed E-state index contributed by atoms with van der Waals surface area (Å²) in [5, 5.41) is 11.4. The lowest BCUT2D eigenvalue weighted by Gasteiger charge is -2.09. The first-order valence-corrected chi connectivity index (χ1v) is 5.95. The maximum Gasteiger partial charge on any atom is 0.344 e. The van der Waals surface area contributed by atoms with Gasteiger partial charge in [-0.1, -0.05) is 0 Å². The molecule has 1 heterocycles. The number of hydrogen-bond acceptors (Lipinski definition) is 5. The van der Waals surface area contributed by atoms with Gasteiger partial charge in [-0.25, -0.2) is 4.79 Å². The molecule has 0 atom stereocenters. The Morgan fingerprint density at radius 1 is 1.05 bits per heavy atom. The second-order valence-electron chi connectivity index (χ2n) is 4.32. The molecule has 0 saturated carbocycles. The minimum atomic E-state index is -0.487. The van der Waals surface area contributed by atoms with E-state index < -0.39 is 5.63 Å². The molecule has 0 spiro atoms. The Morgan fingerprint density at radius 2 is 1.85 bits per heavy atom. The van der Waals surface area contributed by atoms with Crippen LogP contribution in [0.4, 0.5) is 0 Å². The highest BCUT2D eigenvalue weighted by Crippen LogP contribution is 2.35. The molecule has 20 heavy (non-hydrogen) atoms. The predicted molar refractivity (Wildman–Crippen MR) is 74.8 cm³/mol.